The van der Waals surface area contributed by atoms with E-state index in [0.717, 1.165) is 5.39 Å². The third-order valence-electron chi connectivity index (χ3n) is 5.49. The van der Waals surface area contributed by atoms with Crippen LogP contribution in [-0.4, -0.2) is 59.7 Å². The van der Waals surface area contributed by atoms with Crippen LogP contribution in [0.25, 0.3) is 10.8 Å². The molecule has 32 heavy (non-hydrogen) atoms. The molecule has 0 radical (unpaired) electrons. The number of fused-ring (bicyclic) bond motifs is 1. The zero-order valence-corrected chi connectivity index (χ0v) is 17.8. The first kappa shape index (κ1) is 21.6. The average Bonchev–Trinajstić information content (AvgIpc) is 3.31. The van der Waals surface area contributed by atoms with Crippen LogP contribution in [-0.2, 0) is 9.53 Å². The minimum atomic E-state index is -0.619. The number of aromatic nitrogens is 1. The smallest absolute Gasteiger partial charge is 0.258 e. The van der Waals surface area contributed by atoms with Crippen molar-refractivity contribution in [3.63, 3.8) is 0 Å². The molecule has 1 aromatic heterocycles. The van der Waals surface area contributed by atoms with Crippen molar-refractivity contribution in [2.45, 2.75) is 18.9 Å². The van der Waals surface area contributed by atoms with E-state index in [0.29, 0.717) is 49.6 Å². The minimum absolute atomic E-state index is 0.0626. The summed E-state index contributed by atoms with van der Waals surface area (Å²) >= 11 is 0. The average molecular weight is 435 g/mol. The zero-order valence-electron chi connectivity index (χ0n) is 17.8. The van der Waals surface area contributed by atoms with Crippen molar-refractivity contribution >= 4 is 28.3 Å². The first-order valence-electron chi connectivity index (χ1n) is 10.5. The van der Waals surface area contributed by atoms with Gasteiger partial charge in [0.05, 0.1) is 24.1 Å². The van der Waals surface area contributed by atoms with E-state index in [-0.39, 0.29) is 23.1 Å². The van der Waals surface area contributed by atoms with Crippen molar-refractivity contribution in [1.29, 1.82) is 0 Å². The number of nitrogens with one attached hydrogen (secondary N) is 1. The van der Waals surface area contributed by atoms with Crippen LogP contribution in [0.4, 0.5) is 5.69 Å². The molecule has 1 aliphatic rings. The first-order chi connectivity index (χ1) is 15.6. The van der Waals surface area contributed by atoms with Crippen molar-refractivity contribution in [2.24, 2.45) is 0 Å². The van der Waals surface area contributed by atoms with E-state index in [9.17, 15) is 14.7 Å². The van der Waals surface area contributed by atoms with Crippen molar-refractivity contribution in [3.8, 4) is 11.6 Å². The molecule has 1 unspecified atom stereocenters. The number of nitrogens with zero attached hydrogens (tertiary/aromatic N) is 2. The molecule has 1 atom stereocenters. The highest BCUT2D eigenvalue weighted by molar-refractivity contribution is 6.06. The number of benzene rings is 2. The van der Waals surface area contributed by atoms with Crippen LogP contribution in [0.15, 0.2) is 54.7 Å². The molecule has 2 amide bonds. The predicted octanol–water partition coefficient (Wildman–Crippen LogP) is 3.21. The van der Waals surface area contributed by atoms with Crippen LogP contribution in [0.5, 0.6) is 11.6 Å². The maximum Gasteiger partial charge on any atom is 0.258 e. The highest BCUT2D eigenvalue weighted by Gasteiger charge is 2.35. The summed E-state index contributed by atoms with van der Waals surface area (Å²) in [5, 5.41) is 14.9. The molecular weight excluding hydrogens is 410 g/mol. The number of anilines is 1. The molecule has 0 spiro atoms. The number of phenolic OH excluding ortho intramolecular Hbond substituents is 1. The Bertz CT molecular complexity index is 1120. The standard InChI is InChI=1S/C24H25N3O5/c1-31-13-14-32-21-11-9-17(15-25-21)26-23(29)20-7-4-12-27(20)24(30)19-10-8-16-5-2-3-6-18(16)22(19)28/h2-3,5-6,8-11,15,20,28H,4,7,12-14H2,1H3,(H,26,29). The van der Waals surface area contributed by atoms with Gasteiger partial charge in [-0.05, 0) is 30.4 Å². The number of carbonyl (C=O) groups is 2. The van der Waals surface area contributed by atoms with Gasteiger partial charge in [0.2, 0.25) is 11.8 Å². The largest absolute Gasteiger partial charge is 0.506 e. The van der Waals surface area contributed by atoms with Crippen molar-refractivity contribution in [2.75, 3.05) is 32.2 Å². The van der Waals surface area contributed by atoms with Crippen molar-refractivity contribution in [3.05, 3.63) is 60.3 Å². The van der Waals surface area contributed by atoms with Gasteiger partial charge in [0.25, 0.3) is 5.91 Å². The Kier molecular flexibility index (Phi) is 6.51. The Balaban J connectivity index is 1.46. The Hall–Kier alpha value is -3.65. The Morgan fingerprint density at radius 2 is 2.00 bits per heavy atom. The lowest BCUT2D eigenvalue weighted by Gasteiger charge is -2.24. The SMILES string of the molecule is COCCOc1ccc(NC(=O)C2CCCN2C(=O)c2ccc3ccccc3c2O)cn1. The predicted molar refractivity (Wildman–Crippen MR) is 120 cm³/mol. The van der Waals surface area contributed by atoms with Gasteiger partial charge in [0, 0.05) is 25.1 Å². The third kappa shape index (κ3) is 4.50. The van der Waals surface area contributed by atoms with E-state index < -0.39 is 6.04 Å². The lowest BCUT2D eigenvalue weighted by molar-refractivity contribution is -0.119. The summed E-state index contributed by atoms with van der Waals surface area (Å²) in [4.78, 5) is 31.8. The van der Waals surface area contributed by atoms with Gasteiger partial charge < -0.3 is 24.8 Å². The molecule has 2 N–H and O–H groups in total. The molecule has 2 aromatic carbocycles. The summed E-state index contributed by atoms with van der Waals surface area (Å²) in [7, 11) is 1.59. The van der Waals surface area contributed by atoms with E-state index in [4.69, 9.17) is 9.47 Å². The van der Waals surface area contributed by atoms with Gasteiger partial charge in [-0.15, -0.1) is 0 Å². The molecular formula is C24H25N3O5. The van der Waals surface area contributed by atoms with E-state index in [2.05, 4.69) is 10.3 Å². The van der Waals surface area contributed by atoms with Gasteiger partial charge in [-0.1, -0.05) is 30.3 Å². The Labute approximate surface area is 185 Å². The van der Waals surface area contributed by atoms with E-state index >= 15 is 0 Å². The maximum absolute atomic E-state index is 13.2. The molecule has 3 aromatic rings. The summed E-state index contributed by atoms with van der Waals surface area (Å²) in [6, 6.07) is 13.5. The van der Waals surface area contributed by atoms with E-state index in [1.165, 1.54) is 11.1 Å². The Morgan fingerprint density at radius 1 is 1.16 bits per heavy atom. The van der Waals surface area contributed by atoms with Gasteiger partial charge in [-0.2, -0.15) is 0 Å². The molecule has 1 saturated heterocycles. The second-order valence-corrected chi connectivity index (χ2v) is 7.56. The van der Waals surface area contributed by atoms with Gasteiger partial charge >= 0.3 is 0 Å². The van der Waals surface area contributed by atoms with Gasteiger partial charge in [-0.3, -0.25) is 9.59 Å². The highest BCUT2D eigenvalue weighted by atomic mass is 16.5. The fourth-order valence-corrected chi connectivity index (χ4v) is 3.86. The number of pyridine rings is 1. The maximum atomic E-state index is 13.2. The molecule has 2 heterocycles. The lowest BCUT2D eigenvalue weighted by atomic mass is 10.0. The van der Waals surface area contributed by atoms with Crippen LogP contribution >= 0.6 is 0 Å². The number of ether oxygens (including phenoxy) is 2. The third-order valence-corrected chi connectivity index (χ3v) is 5.49. The number of hydrogen-bond acceptors (Lipinski definition) is 6. The summed E-state index contributed by atoms with van der Waals surface area (Å²) < 4.78 is 10.3. The number of phenols is 1. The van der Waals surface area contributed by atoms with Crippen molar-refractivity contribution < 1.29 is 24.2 Å². The normalized spacial score (nSPS) is 15.7. The summed E-state index contributed by atoms with van der Waals surface area (Å²) in [6.07, 6.45) is 2.77. The Morgan fingerprint density at radius 3 is 2.78 bits per heavy atom. The van der Waals surface area contributed by atoms with E-state index in [1.807, 2.05) is 18.2 Å². The quantitative estimate of drug-likeness (QED) is 0.553. The van der Waals surface area contributed by atoms with Crippen LogP contribution in [0.2, 0.25) is 0 Å². The monoisotopic (exact) mass is 435 g/mol. The number of likely N-dealkylation sites (tertiary alicyclic amines) is 1. The van der Waals surface area contributed by atoms with Crippen molar-refractivity contribution in [1.82, 2.24) is 9.88 Å². The number of rotatable bonds is 7. The summed E-state index contributed by atoms with van der Waals surface area (Å²) in [5.41, 5.74) is 0.713. The van der Waals surface area contributed by atoms with Crippen LogP contribution < -0.4 is 10.1 Å². The summed E-state index contributed by atoms with van der Waals surface area (Å²) in [6.45, 7) is 1.29. The molecule has 8 heteroatoms. The second kappa shape index (κ2) is 9.65. The number of methoxy groups -OCH3 is 1. The fraction of sp³-hybridized carbons (Fsp3) is 0.292. The molecule has 166 valence electrons. The molecule has 8 nitrogen and oxygen atoms in total. The van der Waals surface area contributed by atoms with Gasteiger partial charge in [0.1, 0.15) is 18.4 Å². The molecule has 0 aliphatic carbocycles. The highest BCUT2D eigenvalue weighted by Crippen LogP contribution is 2.31. The molecule has 4 rings (SSSR count). The molecule has 1 aliphatic heterocycles. The van der Waals surface area contributed by atoms with Gasteiger partial charge in [-0.25, -0.2) is 4.98 Å². The molecule has 1 fully saturated rings. The minimum Gasteiger partial charge on any atom is -0.506 e. The number of hydrogen-bond donors (Lipinski definition) is 2. The number of carbonyl (C=O) groups excluding carboxylic acids is 2. The van der Waals surface area contributed by atoms with Crippen LogP contribution in [0.1, 0.15) is 23.2 Å². The lowest BCUT2D eigenvalue weighted by Crippen LogP contribution is -2.43. The number of amides is 2. The zero-order chi connectivity index (χ0) is 22.5. The fourth-order valence-electron chi connectivity index (χ4n) is 3.86. The van der Waals surface area contributed by atoms with E-state index in [1.54, 1.807) is 37.4 Å². The van der Waals surface area contributed by atoms with Crippen LogP contribution in [0, 0.1) is 0 Å². The molecule has 0 bridgehead atoms. The number of aromatic hydroxyl groups is 1. The second-order valence-electron chi connectivity index (χ2n) is 7.56. The first-order valence-corrected chi connectivity index (χ1v) is 10.5. The topological polar surface area (TPSA) is 101 Å². The van der Waals surface area contributed by atoms with Gasteiger partial charge in [0.15, 0.2) is 0 Å². The summed E-state index contributed by atoms with van der Waals surface area (Å²) in [5.74, 6) is -0.270. The van der Waals surface area contributed by atoms with Crippen LogP contribution in [0.3, 0.4) is 0 Å². The molecule has 0 saturated carbocycles.